The highest BCUT2D eigenvalue weighted by Gasteiger charge is 2.54. The molecule has 0 amide bonds. The fraction of sp³-hybridized carbons (Fsp3) is 0.750. The van der Waals surface area contributed by atoms with Gasteiger partial charge in [-0.2, -0.15) is 0 Å². The van der Waals surface area contributed by atoms with E-state index in [1.807, 2.05) is 73.6 Å². The maximum absolute atomic E-state index is 13.7. The van der Waals surface area contributed by atoms with Crippen LogP contribution >= 0.6 is 0 Å². The molecule has 12 atom stereocenters. The van der Waals surface area contributed by atoms with E-state index in [2.05, 4.69) is 0 Å². The lowest BCUT2D eigenvalue weighted by atomic mass is 9.76. The van der Waals surface area contributed by atoms with Gasteiger partial charge in [0, 0.05) is 44.3 Å². The molecule has 0 spiro atoms. The lowest BCUT2D eigenvalue weighted by molar-refractivity contribution is -0.339. The summed E-state index contributed by atoms with van der Waals surface area (Å²) in [5.41, 5.74) is 1.81. The minimum Gasteiger partial charge on any atom is -0.490 e. The smallest absolute Gasteiger partial charge is 0.373 e. The number of ether oxygens (including phenoxy) is 5. The molecular formula is C36H60O9. The Bertz CT molecular complexity index is 1080. The minimum absolute atomic E-state index is 0.0126. The summed E-state index contributed by atoms with van der Waals surface area (Å²) in [6.07, 6.45) is 5.57. The van der Waals surface area contributed by atoms with Crippen molar-refractivity contribution >= 4 is 5.97 Å². The summed E-state index contributed by atoms with van der Waals surface area (Å²) in [5.74, 6) is -3.55. The molecule has 258 valence electrons. The third-order valence-electron chi connectivity index (χ3n) is 9.81. The average molecular weight is 637 g/mol. The number of carbonyl (C=O) groups excluding carboxylic acids is 1. The number of hydrogen-bond donors (Lipinski definition) is 3. The first-order chi connectivity index (χ1) is 21.0. The van der Waals surface area contributed by atoms with E-state index in [9.17, 15) is 20.1 Å². The van der Waals surface area contributed by atoms with Gasteiger partial charge < -0.3 is 39.0 Å². The Morgan fingerprint density at radius 3 is 2.16 bits per heavy atom. The number of rotatable bonds is 6. The molecule has 9 nitrogen and oxygen atoms in total. The highest BCUT2D eigenvalue weighted by Crippen LogP contribution is 2.44. The van der Waals surface area contributed by atoms with Gasteiger partial charge in [0.15, 0.2) is 5.79 Å². The predicted molar refractivity (Wildman–Crippen MR) is 175 cm³/mol. The van der Waals surface area contributed by atoms with Crippen LogP contribution in [-0.2, 0) is 28.5 Å². The normalized spacial score (nSPS) is 42.9. The Morgan fingerprint density at radius 2 is 1.60 bits per heavy atom. The monoisotopic (exact) mass is 636 g/mol. The number of aliphatic hydroxyl groups excluding tert-OH is 3. The van der Waals surface area contributed by atoms with Crippen LogP contribution in [0.15, 0.2) is 47.3 Å². The standard InChI is InChI=1S/C36H60O9/c1-20(2)33-25(7)28(37)19-36(43-12,45-33)27(9)34-26(8)32(39)29(41-10)15-13-14-21(3)16-23(5)31(38)24(6)17-22(4)18-30(42-11)35(40)44-34/h13-15,17-18,20,23-29,31-34,37-39H,16,19H2,1-12H3/b15-13+,21-14+,22-17+,30-18-/t23-,24+,25-,26+,27-,28+,29-,31-,32+,33+,34+,36+/m0/s1. The summed E-state index contributed by atoms with van der Waals surface area (Å²) < 4.78 is 30.1. The van der Waals surface area contributed by atoms with Crippen LogP contribution in [0.3, 0.4) is 0 Å². The highest BCUT2D eigenvalue weighted by molar-refractivity contribution is 5.87. The molecule has 0 bridgehead atoms. The first kappa shape index (κ1) is 39.2. The summed E-state index contributed by atoms with van der Waals surface area (Å²) in [4.78, 5) is 13.7. The zero-order chi connectivity index (χ0) is 34.2. The van der Waals surface area contributed by atoms with E-state index in [1.165, 1.54) is 21.3 Å². The number of allylic oxidation sites excluding steroid dienone is 5. The van der Waals surface area contributed by atoms with Crippen LogP contribution in [0.25, 0.3) is 0 Å². The SMILES string of the molecule is CO/C1=C\C(C)=C\[C@@H](C)[C@@H](O)[C@@H](C)C/C(C)=C/C=C/[C@H](OC)[C@H](O)[C@@H](C)[C@H]([C@H](C)[C@@]2(OC)C[C@@H](O)[C@H](C)[C@@H](C(C)C)O2)OC1=O. The van der Waals surface area contributed by atoms with Crippen molar-refractivity contribution < 1.29 is 43.8 Å². The van der Waals surface area contributed by atoms with E-state index < -0.39 is 54.1 Å². The van der Waals surface area contributed by atoms with Gasteiger partial charge in [-0.15, -0.1) is 0 Å². The van der Waals surface area contributed by atoms with E-state index in [0.29, 0.717) is 6.42 Å². The quantitative estimate of drug-likeness (QED) is 0.331. The number of hydrogen-bond acceptors (Lipinski definition) is 9. The molecule has 0 unspecified atom stereocenters. The fourth-order valence-corrected chi connectivity index (χ4v) is 6.87. The molecule has 1 fully saturated rings. The molecule has 2 aliphatic heterocycles. The minimum atomic E-state index is -1.30. The first-order valence-electron chi connectivity index (χ1n) is 16.3. The third-order valence-corrected chi connectivity index (χ3v) is 9.81. The van der Waals surface area contributed by atoms with Crippen molar-refractivity contribution in [2.45, 2.75) is 118 Å². The fourth-order valence-electron chi connectivity index (χ4n) is 6.87. The molecule has 1 saturated heterocycles. The number of carbonyl (C=O) groups is 1. The average Bonchev–Trinajstić information content (AvgIpc) is 2.99. The molecule has 0 aliphatic carbocycles. The maximum Gasteiger partial charge on any atom is 0.373 e. The molecule has 0 saturated carbocycles. The van der Waals surface area contributed by atoms with Crippen molar-refractivity contribution in [3.8, 4) is 0 Å². The second kappa shape index (κ2) is 17.2. The van der Waals surface area contributed by atoms with E-state index in [0.717, 1.165) is 11.1 Å². The summed E-state index contributed by atoms with van der Waals surface area (Å²) in [5, 5.41) is 33.8. The zero-order valence-corrected chi connectivity index (χ0v) is 29.5. The Morgan fingerprint density at radius 1 is 0.956 bits per heavy atom. The zero-order valence-electron chi connectivity index (χ0n) is 29.5. The third kappa shape index (κ3) is 9.75. The number of esters is 1. The van der Waals surface area contributed by atoms with Crippen LogP contribution in [-0.4, -0.2) is 85.0 Å². The Hall–Kier alpha value is -2.01. The van der Waals surface area contributed by atoms with Crippen molar-refractivity contribution in [3.05, 3.63) is 47.3 Å². The van der Waals surface area contributed by atoms with Crippen molar-refractivity contribution in [3.63, 3.8) is 0 Å². The van der Waals surface area contributed by atoms with Crippen LogP contribution in [0, 0.1) is 35.5 Å². The van der Waals surface area contributed by atoms with Crippen LogP contribution in [0.2, 0.25) is 0 Å². The topological polar surface area (TPSA) is 124 Å². The van der Waals surface area contributed by atoms with Crippen LogP contribution < -0.4 is 0 Å². The van der Waals surface area contributed by atoms with E-state index in [4.69, 9.17) is 23.7 Å². The lowest BCUT2D eigenvalue weighted by Crippen LogP contribution is -2.60. The van der Waals surface area contributed by atoms with Gasteiger partial charge in [-0.1, -0.05) is 83.9 Å². The number of aliphatic hydroxyl groups is 3. The molecule has 2 heterocycles. The number of methoxy groups -OCH3 is 3. The van der Waals surface area contributed by atoms with Gasteiger partial charge in [0.2, 0.25) is 5.76 Å². The summed E-state index contributed by atoms with van der Waals surface area (Å²) >= 11 is 0. The van der Waals surface area contributed by atoms with Gasteiger partial charge in [0.05, 0.1) is 31.5 Å². The van der Waals surface area contributed by atoms with Gasteiger partial charge in [0.25, 0.3) is 0 Å². The summed E-state index contributed by atoms with van der Waals surface area (Å²) in [6.45, 7) is 17.5. The molecule has 0 radical (unpaired) electrons. The first-order valence-corrected chi connectivity index (χ1v) is 16.3. The molecule has 2 rings (SSSR count). The molecule has 2 aliphatic rings. The molecular weight excluding hydrogens is 576 g/mol. The van der Waals surface area contributed by atoms with Gasteiger partial charge >= 0.3 is 5.97 Å². The van der Waals surface area contributed by atoms with Crippen LogP contribution in [0.4, 0.5) is 0 Å². The molecule has 3 N–H and O–H groups in total. The van der Waals surface area contributed by atoms with Gasteiger partial charge in [0.1, 0.15) is 12.2 Å². The van der Waals surface area contributed by atoms with Gasteiger partial charge in [-0.25, -0.2) is 4.79 Å². The second-order valence-electron chi connectivity index (χ2n) is 13.7. The Balaban J connectivity index is 2.68. The van der Waals surface area contributed by atoms with Gasteiger partial charge in [-0.3, -0.25) is 0 Å². The molecule has 0 aromatic carbocycles. The summed E-state index contributed by atoms with van der Waals surface area (Å²) in [7, 11) is 4.45. The number of cyclic esters (lactones) is 1. The van der Waals surface area contributed by atoms with Crippen molar-refractivity contribution in [1.82, 2.24) is 0 Å². The maximum atomic E-state index is 13.7. The molecule has 0 aromatic heterocycles. The molecule has 45 heavy (non-hydrogen) atoms. The molecule has 0 aromatic rings. The highest BCUT2D eigenvalue weighted by atomic mass is 16.7. The second-order valence-corrected chi connectivity index (χ2v) is 13.7. The van der Waals surface area contributed by atoms with Gasteiger partial charge in [-0.05, 0) is 38.2 Å². The largest absolute Gasteiger partial charge is 0.490 e. The van der Waals surface area contributed by atoms with E-state index in [1.54, 1.807) is 19.1 Å². The van der Waals surface area contributed by atoms with Crippen molar-refractivity contribution in [2.75, 3.05) is 21.3 Å². The molecule has 9 heteroatoms. The Labute approximate surface area is 271 Å². The van der Waals surface area contributed by atoms with E-state index >= 15 is 0 Å². The van der Waals surface area contributed by atoms with Crippen LogP contribution in [0.1, 0.15) is 75.2 Å². The van der Waals surface area contributed by atoms with E-state index in [-0.39, 0.29) is 42.0 Å². The predicted octanol–water partition coefficient (Wildman–Crippen LogP) is 5.35. The lowest BCUT2D eigenvalue weighted by Gasteiger charge is -2.51. The van der Waals surface area contributed by atoms with Crippen LogP contribution in [0.5, 0.6) is 0 Å². The van der Waals surface area contributed by atoms with Crippen molar-refractivity contribution in [2.24, 2.45) is 35.5 Å². The summed E-state index contributed by atoms with van der Waals surface area (Å²) in [6, 6.07) is 0. The van der Waals surface area contributed by atoms with Crippen molar-refractivity contribution in [1.29, 1.82) is 0 Å². The Kier molecular flexibility index (Phi) is 15.0.